The van der Waals surface area contributed by atoms with E-state index in [1.807, 2.05) is 12.1 Å². The fourth-order valence-corrected chi connectivity index (χ4v) is 5.33. The van der Waals surface area contributed by atoms with E-state index in [4.69, 9.17) is 14.7 Å². The second-order valence-corrected chi connectivity index (χ2v) is 10.7. The Bertz CT molecular complexity index is 1310. The molecular formula is C29H37FN6O2. The summed E-state index contributed by atoms with van der Waals surface area (Å²) in [4.78, 5) is 28.9. The van der Waals surface area contributed by atoms with Crippen molar-refractivity contribution >= 4 is 28.4 Å². The largest absolute Gasteiger partial charge is 0.378 e. The molecule has 9 heteroatoms. The minimum atomic E-state index is -0.246. The third-order valence-corrected chi connectivity index (χ3v) is 7.25. The van der Waals surface area contributed by atoms with Crippen LogP contribution < -0.4 is 15.1 Å². The Morgan fingerprint density at radius 3 is 2.68 bits per heavy atom. The number of carbonyl (C=O) groups excluding carboxylic acids is 1. The number of nitrogens with one attached hydrogen (secondary N) is 1. The molecule has 2 aliphatic rings. The van der Waals surface area contributed by atoms with Gasteiger partial charge in [-0.15, -0.1) is 0 Å². The first kappa shape index (κ1) is 26.3. The van der Waals surface area contributed by atoms with Gasteiger partial charge in [0, 0.05) is 63.1 Å². The third kappa shape index (κ3) is 5.59. The molecule has 1 unspecified atom stereocenters. The van der Waals surface area contributed by atoms with Gasteiger partial charge >= 0.3 is 0 Å². The first-order valence-electron chi connectivity index (χ1n) is 13.4. The fourth-order valence-electron chi connectivity index (χ4n) is 5.33. The van der Waals surface area contributed by atoms with Gasteiger partial charge in [-0.1, -0.05) is 13.8 Å². The number of nitrogens with zero attached hydrogens (tertiary/aromatic N) is 5. The molecule has 2 aromatic carbocycles. The van der Waals surface area contributed by atoms with E-state index in [1.165, 1.54) is 0 Å². The van der Waals surface area contributed by atoms with E-state index < -0.39 is 0 Å². The molecule has 1 N–H and O–H groups in total. The summed E-state index contributed by atoms with van der Waals surface area (Å²) in [6, 6.07) is 9.33. The Morgan fingerprint density at radius 1 is 1.16 bits per heavy atom. The van der Waals surface area contributed by atoms with Crippen LogP contribution in [0.4, 0.5) is 15.9 Å². The van der Waals surface area contributed by atoms with Gasteiger partial charge in [-0.05, 0) is 48.7 Å². The number of ether oxygens (including phenoxy) is 1. The molecule has 5 rings (SSSR count). The third-order valence-electron chi connectivity index (χ3n) is 7.25. The van der Waals surface area contributed by atoms with Crippen LogP contribution in [0, 0.1) is 5.82 Å². The van der Waals surface area contributed by atoms with Crippen LogP contribution in [-0.2, 0) is 11.3 Å². The van der Waals surface area contributed by atoms with Crippen molar-refractivity contribution in [2.75, 3.05) is 56.7 Å². The van der Waals surface area contributed by atoms with Gasteiger partial charge in [0.25, 0.3) is 5.91 Å². The van der Waals surface area contributed by atoms with Crippen molar-refractivity contribution in [3.8, 4) is 0 Å². The lowest BCUT2D eigenvalue weighted by Gasteiger charge is -2.30. The first-order valence-corrected chi connectivity index (χ1v) is 13.4. The highest BCUT2D eigenvalue weighted by Gasteiger charge is 2.30. The molecule has 202 valence electrons. The number of fused-ring (bicyclic) bond motifs is 1. The maximum absolute atomic E-state index is 14.8. The zero-order valence-corrected chi connectivity index (χ0v) is 22.7. The number of halogens is 1. The average Bonchev–Trinajstić information content (AvgIpc) is 3.40. The fraction of sp³-hybridized carbons (Fsp3) is 0.483. The minimum absolute atomic E-state index is 0.0469. The van der Waals surface area contributed by atoms with Crippen LogP contribution in [0.3, 0.4) is 0 Å². The van der Waals surface area contributed by atoms with Crippen molar-refractivity contribution in [2.24, 2.45) is 0 Å². The smallest absolute Gasteiger partial charge is 0.253 e. The molecule has 0 aliphatic carbocycles. The van der Waals surface area contributed by atoms with Crippen molar-refractivity contribution < 1.29 is 13.9 Å². The lowest BCUT2D eigenvalue weighted by Crippen LogP contribution is -2.36. The highest BCUT2D eigenvalue weighted by atomic mass is 19.1. The van der Waals surface area contributed by atoms with Crippen molar-refractivity contribution in [2.45, 2.75) is 45.3 Å². The van der Waals surface area contributed by atoms with E-state index in [0.29, 0.717) is 36.9 Å². The standard InChI is InChI=1S/C29H37FN6O2/c1-19(2)31-17-20-12-22(30)16-23(13-20)36-7-5-6-26(36)24-14-21(29(37)34(3)4)15-25-28(24)33-27(18-32-25)35-8-10-38-11-9-35/h12-16,18-19,26,31H,5-11,17H2,1-4H3. The number of anilines is 2. The average molecular weight is 521 g/mol. The molecule has 0 bridgehead atoms. The van der Waals surface area contributed by atoms with Crippen molar-refractivity contribution in [3.63, 3.8) is 0 Å². The summed E-state index contributed by atoms with van der Waals surface area (Å²) in [5.41, 5.74) is 4.78. The van der Waals surface area contributed by atoms with Crippen molar-refractivity contribution in [1.29, 1.82) is 0 Å². The normalized spacial score (nSPS) is 18.0. The van der Waals surface area contributed by atoms with Gasteiger partial charge in [0.15, 0.2) is 0 Å². The van der Waals surface area contributed by atoms with Crippen LogP contribution in [-0.4, -0.2) is 73.8 Å². The summed E-state index contributed by atoms with van der Waals surface area (Å²) in [5.74, 6) is 0.486. The van der Waals surface area contributed by atoms with E-state index >= 15 is 0 Å². The number of benzene rings is 2. The summed E-state index contributed by atoms with van der Waals surface area (Å²) >= 11 is 0. The van der Waals surface area contributed by atoms with Crippen LogP contribution in [0.15, 0.2) is 36.5 Å². The number of rotatable bonds is 7. The maximum Gasteiger partial charge on any atom is 0.253 e. The van der Waals surface area contributed by atoms with Gasteiger partial charge in [0.05, 0.1) is 36.5 Å². The van der Waals surface area contributed by atoms with E-state index in [1.54, 1.807) is 37.3 Å². The highest BCUT2D eigenvalue weighted by molar-refractivity contribution is 5.98. The summed E-state index contributed by atoms with van der Waals surface area (Å²) in [6.07, 6.45) is 3.63. The molecule has 2 fully saturated rings. The second kappa shape index (κ2) is 11.2. The van der Waals surface area contributed by atoms with Gasteiger partial charge in [0.2, 0.25) is 0 Å². The van der Waals surface area contributed by atoms with Crippen LogP contribution >= 0.6 is 0 Å². The predicted molar refractivity (Wildman–Crippen MR) is 148 cm³/mol. The molecule has 3 aromatic rings. The zero-order valence-electron chi connectivity index (χ0n) is 22.7. The van der Waals surface area contributed by atoms with Crippen molar-refractivity contribution in [3.05, 3.63) is 59.0 Å². The van der Waals surface area contributed by atoms with E-state index in [2.05, 4.69) is 35.0 Å². The second-order valence-electron chi connectivity index (χ2n) is 10.7. The van der Waals surface area contributed by atoms with Crippen LogP contribution in [0.5, 0.6) is 0 Å². The number of hydrogen-bond acceptors (Lipinski definition) is 7. The molecule has 1 atom stereocenters. The minimum Gasteiger partial charge on any atom is -0.378 e. The molecule has 2 saturated heterocycles. The number of amides is 1. The Balaban J connectivity index is 1.59. The molecule has 0 radical (unpaired) electrons. The van der Waals surface area contributed by atoms with Crippen LogP contribution in [0.1, 0.15) is 54.2 Å². The Hall–Kier alpha value is -3.30. The molecule has 3 heterocycles. The Kier molecular flexibility index (Phi) is 7.76. The van der Waals surface area contributed by atoms with Gasteiger partial charge in [-0.2, -0.15) is 0 Å². The number of morpholine rings is 1. The van der Waals surface area contributed by atoms with Crippen LogP contribution in [0.2, 0.25) is 0 Å². The zero-order chi connectivity index (χ0) is 26.8. The monoisotopic (exact) mass is 520 g/mol. The number of hydrogen-bond donors (Lipinski definition) is 1. The van der Waals surface area contributed by atoms with Gasteiger partial charge in [0.1, 0.15) is 11.6 Å². The summed E-state index contributed by atoms with van der Waals surface area (Å²) in [7, 11) is 3.50. The summed E-state index contributed by atoms with van der Waals surface area (Å²) < 4.78 is 20.3. The molecule has 0 spiro atoms. The SMILES string of the molecule is CC(C)NCc1cc(F)cc(N2CCCC2c2cc(C(=O)N(C)C)cc3ncc(N4CCOCC4)nc23)c1. The number of aromatic nitrogens is 2. The molecule has 38 heavy (non-hydrogen) atoms. The maximum atomic E-state index is 14.8. The molecule has 1 aromatic heterocycles. The Morgan fingerprint density at radius 2 is 1.95 bits per heavy atom. The lowest BCUT2D eigenvalue weighted by atomic mass is 9.98. The summed E-state index contributed by atoms with van der Waals surface area (Å²) in [6.45, 7) is 8.41. The Labute approximate surface area is 223 Å². The van der Waals surface area contributed by atoms with Gasteiger partial charge < -0.3 is 24.8 Å². The van der Waals surface area contributed by atoms with E-state index in [0.717, 1.165) is 60.6 Å². The van der Waals surface area contributed by atoms with Gasteiger partial charge in [-0.3, -0.25) is 9.78 Å². The molecule has 8 nitrogen and oxygen atoms in total. The lowest BCUT2D eigenvalue weighted by molar-refractivity contribution is 0.0827. The number of carbonyl (C=O) groups is 1. The van der Waals surface area contributed by atoms with E-state index in [-0.39, 0.29) is 17.8 Å². The van der Waals surface area contributed by atoms with E-state index in [9.17, 15) is 9.18 Å². The predicted octanol–water partition coefficient (Wildman–Crippen LogP) is 4.15. The topological polar surface area (TPSA) is 73.8 Å². The summed E-state index contributed by atoms with van der Waals surface area (Å²) in [5, 5.41) is 3.38. The van der Waals surface area contributed by atoms with Crippen LogP contribution in [0.25, 0.3) is 11.0 Å². The quantitative estimate of drug-likeness (QED) is 0.502. The molecular weight excluding hydrogens is 483 g/mol. The molecule has 1 amide bonds. The molecule has 2 aliphatic heterocycles. The highest BCUT2D eigenvalue weighted by Crippen LogP contribution is 2.40. The van der Waals surface area contributed by atoms with Crippen molar-refractivity contribution in [1.82, 2.24) is 20.2 Å². The first-order chi connectivity index (χ1) is 18.3. The van der Waals surface area contributed by atoms with Gasteiger partial charge in [-0.25, -0.2) is 9.37 Å². The molecule has 0 saturated carbocycles.